The fraction of sp³-hybridized carbons (Fsp3) is 0.316. The van der Waals surface area contributed by atoms with Crippen molar-refractivity contribution < 1.29 is 4.79 Å². The van der Waals surface area contributed by atoms with Crippen molar-refractivity contribution in [1.29, 1.82) is 0 Å². The number of hydrogen-bond acceptors (Lipinski definition) is 3. The predicted octanol–water partition coefficient (Wildman–Crippen LogP) is 2.85. The topological polar surface area (TPSA) is 44.4 Å². The summed E-state index contributed by atoms with van der Waals surface area (Å²) in [6.07, 6.45) is 0.526. The lowest BCUT2D eigenvalue weighted by Crippen LogP contribution is -2.20. The monoisotopic (exact) mass is 307 g/mol. The van der Waals surface area contributed by atoms with Crippen LogP contribution in [-0.4, -0.2) is 19.5 Å². The molecule has 1 amide bonds. The summed E-state index contributed by atoms with van der Waals surface area (Å²) in [7, 11) is 2.09. The zero-order valence-corrected chi connectivity index (χ0v) is 13.3. The molecule has 2 aromatic carbocycles. The van der Waals surface area contributed by atoms with E-state index >= 15 is 0 Å². The van der Waals surface area contributed by atoms with Crippen molar-refractivity contribution in [3.63, 3.8) is 0 Å². The number of fused-ring (bicyclic) bond motifs is 2. The summed E-state index contributed by atoms with van der Waals surface area (Å²) in [5.41, 5.74) is 6.00. The molecule has 0 fully saturated rings. The van der Waals surface area contributed by atoms with Gasteiger partial charge in [-0.25, -0.2) is 0 Å². The lowest BCUT2D eigenvalue weighted by atomic mass is 9.97. The minimum Gasteiger partial charge on any atom is -0.374 e. The number of rotatable bonds is 3. The highest BCUT2D eigenvalue weighted by Crippen LogP contribution is 2.37. The van der Waals surface area contributed by atoms with E-state index in [1.165, 1.54) is 22.4 Å². The molecule has 0 radical (unpaired) electrons. The standard InChI is InChI=1S/C19H21N3O/c1-22-12-14(15-6-2-3-8-18(15)22)9-19(23)21-17-7-4-5-13-10-20-11-16(13)17/h2-8,14,20H,9-12H2,1H3,(H,21,23). The maximum Gasteiger partial charge on any atom is 0.225 e. The Bertz CT molecular complexity index is 756. The molecule has 0 aliphatic carbocycles. The molecule has 2 aliphatic heterocycles. The van der Waals surface area contributed by atoms with Crippen molar-refractivity contribution in [2.75, 3.05) is 23.8 Å². The fourth-order valence-electron chi connectivity index (χ4n) is 3.76. The molecule has 2 N–H and O–H groups in total. The molecule has 118 valence electrons. The van der Waals surface area contributed by atoms with Crippen molar-refractivity contribution in [3.8, 4) is 0 Å². The number of nitrogens with one attached hydrogen (secondary N) is 2. The Balaban J connectivity index is 1.49. The van der Waals surface area contributed by atoms with Crippen LogP contribution in [0.4, 0.5) is 11.4 Å². The first-order chi connectivity index (χ1) is 11.2. The number of carbonyl (C=O) groups is 1. The maximum absolute atomic E-state index is 12.5. The van der Waals surface area contributed by atoms with Gasteiger partial charge < -0.3 is 15.5 Å². The van der Waals surface area contributed by atoms with Crippen LogP contribution < -0.4 is 15.5 Å². The van der Waals surface area contributed by atoms with E-state index in [4.69, 9.17) is 0 Å². The van der Waals surface area contributed by atoms with Crippen molar-refractivity contribution in [2.24, 2.45) is 0 Å². The van der Waals surface area contributed by atoms with Gasteiger partial charge in [0.25, 0.3) is 0 Å². The van der Waals surface area contributed by atoms with E-state index in [1.807, 2.05) is 12.1 Å². The lowest BCUT2D eigenvalue weighted by molar-refractivity contribution is -0.116. The van der Waals surface area contributed by atoms with Gasteiger partial charge in [0, 0.05) is 50.4 Å². The second-order valence-corrected chi connectivity index (χ2v) is 6.44. The summed E-state index contributed by atoms with van der Waals surface area (Å²) >= 11 is 0. The Morgan fingerprint density at radius 2 is 2.09 bits per heavy atom. The van der Waals surface area contributed by atoms with Gasteiger partial charge in [0.15, 0.2) is 0 Å². The number of benzene rings is 2. The Morgan fingerprint density at radius 1 is 1.22 bits per heavy atom. The molecule has 1 atom stereocenters. The van der Waals surface area contributed by atoms with Crippen LogP contribution in [0.1, 0.15) is 29.0 Å². The molecule has 0 saturated carbocycles. The van der Waals surface area contributed by atoms with Crippen molar-refractivity contribution in [2.45, 2.75) is 25.4 Å². The number of nitrogens with zero attached hydrogens (tertiary/aromatic N) is 1. The van der Waals surface area contributed by atoms with Crippen LogP contribution in [0.15, 0.2) is 42.5 Å². The summed E-state index contributed by atoms with van der Waals surface area (Å²) < 4.78 is 0. The first-order valence-electron chi connectivity index (χ1n) is 8.14. The van der Waals surface area contributed by atoms with Crippen LogP contribution >= 0.6 is 0 Å². The lowest BCUT2D eigenvalue weighted by Gasteiger charge is -2.14. The third kappa shape index (κ3) is 2.59. The van der Waals surface area contributed by atoms with Gasteiger partial charge in [-0.3, -0.25) is 4.79 Å². The van der Waals surface area contributed by atoms with E-state index < -0.39 is 0 Å². The summed E-state index contributed by atoms with van der Waals surface area (Å²) in [5, 5.41) is 6.45. The average Bonchev–Trinajstić information content (AvgIpc) is 3.14. The Hall–Kier alpha value is -2.33. The van der Waals surface area contributed by atoms with Gasteiger partial charge in [-0.2, -0.15) is 0 Å². The molecule has 23 heavy (non-hydrogen) atoms. The molecule has 0 aromatic heterocycles. The SMILES string of the molecule is CN1CC(CC(=O)Nc2cccc3c2CNC3)c2ccccc21. The number of para-hydroxylation sites is 1. The quantitative estimate of drug-likeness (QED) is 0.916. The number of anilines is 2. The van der Waals surface area contributed by atoms with Crippen LogP contribution in [0.3, 0.4) is 0 Å². The molecule has 4 nitrogen and oxygen atoms in total. The van der Waals surface area contributed by atoms with E-state index in [2.05, 4.69) is 52.9 Å². The highest BCUT2D eigenvalue weighted by molar-refractivity contribution is 5.92. The van der Waals surface area contributed by atoms with Crippen molar-refractivity contribution in [3.05, 3.63) is 59.2 Å². The summed E-state index contributed by atoms with van der Waals surface area (Å²) in [5.74, 6) is 0.367. The predicted molar refractivity (Wildman–Crippen MR) is 92.7 cm³/mol. The third-order valence-corrected chi connectivity index (χ3v) is 4.88. The van der Waals surface area contributed by atoms with Gasteiger partial charge in [0.05, 0.1) is 0 Å². The second kappa shape index (κ2) is 5.70. The van der Waals surface area contributed by atoms with E-state index in [1.54, 1.807) is 0 Å². The van der Waals surface area contributed by atoms with E-state index in [0.29, 0.717) is 6.42 Å². The van der Waals surface area contributed by atoms with Crippen LogP contribution in [0.5, 0.6) is 0 Å². The fourth-order valence-corrected chi connectivity index (χ4v) is 3.76. The zero-order valence-electron chi connectivity index (χ0n) is 13.3. The van der Waals surface area contributed by atoms with E-state index in [-0.39, 0.29) is 11.8 Å². The molecular formula is C19H21N3O. The number of amides is 1. The van der Waals surface area contributed by atoms with Crippen LogP contribution in [-0.2, 0) is 17.9 Å². The minimum atomic E-state index is 0.0976. The molecule has 0 saturated heterocycles. The van der Waals surface area contributed by atoms with Crippen molar-refractivity contribution >= 4 is 17.3 Å². The van der Waals surface area contributed by atoms with Gasteiger partial charge in [-0.05, 0) is 28.8 Å². The second-order valence-electron chi connectivity index (χ2n) is 6.44. The molecule has 0 bridgehead atoms. The Kier molecular flexibility index (Phi) is 3.54. The van der Waals surface area contributed by atoms with Crippen LogP contribution in [0, 0.1) is 0 Å². The van der Waals surface area contributed by atoms with Gasteiger partial charge >= 0.3 is 0 Å². The summed E-state index contributed by atoms with van der Waals surface area (Å²) in [6.45, 7) is 2.63. The van der Waals surface area contributed by atoms with Crippen molar-refractivity contribution in [1.82, 2.24) is 5.32 Å². The first-order valence-corrected chi connectivity index (χ1v) is 8.14. The van der Waals surface area contributed by atoms with Gasteiger partial charge in [0.2, 0.25) is 5.91 Å². The van der Waals surface area contributed by atoms with Crippen LogP contribution in [0.25, 0.3) is 0 Å². The molecule has 0 spiro atoms. The highest BCUT2D eigenvalue weighted by Gasteiger charge is 2.28. The first kappa shape index (κ1) is 14.3. The number of likely N-dealkylation sites (N-methyl/N-ethyl adjacent to an activating group) is 1. The molecule has 2 heterocycles. The molecular weight excluding hydrogens is 286 g/mol. The number of carbonyl (C=O) groups excluding carboxylic acids is 1. The maximum atomic E-state index is 12.5. The van der Waals surface area contributed by atoms with E-state index in [9.17, 15) is 4.79 Å². The average molecular weight is 307 g/mol. The van der Waals surface area contributed by atoms with Gasteiger partial charge in [0.1, 0.15) is 0 Å². The smallest absolute Gasteiger partial charge is 0.225 e. The van der Waals surface area contributed by atoms with Gasteiger partial charge in [-0.1, -0.05) is 30.3 Å². The molecule has 4 rings (SSSR count). The number of hydrogen-bond donors (Lipinski definition) is 2. The third-order valence-electron chi connectivity index (χ3n) is 4.88. The normalized spacial score (nSPS) is 18.7. The van der Waals surface area contributed by atoms with Crippen LogP contribution in [0.2, 0.25) is 0 Å². The molecule has 4 heteroatoms. The molecule has 2 aromatic rings. The summed E-state index contributed by atoms with van der Waals surface area (Å²) in [4.78, 5) is 14.8. The Morgan fingerprint density at radius 3 is 3.00 bits per heavy atom. The molecule has 2 aliphatic rings. The summed E-state index contributed by atoms with van der Waals surface area (Å²) in [6, 6.07) is 14.5. The van der Waals surface area contributed by atoms with Gasteiger partial charge in [-0.15, -0.1) is 0 Å². The molecule has 1 unspecified atom stereocenters. The minimum absolute atomic E-state index is 0.0976. The Labute approximate surface area is 136 Å². The zero-order chi connectivity index (χ0) is 15.8. The largest absolute Gasteiger partial charge is 0.374 e. The van der Waals surface area contributed by atoms with E-state index in [0.717, 1.165) is 25.3 Å². The highest BCUT2D eigenvalue weighted by atomic mass is 16.1.